The first-order valence-corrected chi connectivity index (χ1v) is 13.6. The van der Waals surface area contributed by atoms with Crippen LogP contribution in [-0.4, -0.2) is 85.9 Å². The van der Waals surface area contributed by atoms with Crippen molar-refractivity contribution in [1.29, 1.82) is 0 Å². The number of amides is 5. The lowest BCUT2D eigenvalue weighted by atomic mass is 9.90. The van der Waals surface area contributed by atoms with Crippen molar-refractivity contribution in [2.24, 2.45) is 11.8 Å². The molecule has 4 unspecified atom stereocenters. The van der Waals surface area contributed by atoms with Gasteiger partial charge in [-0.1, -0.05) is 46.0 Å². The van der Waals surface area contributed by atoms with E-state index < -0.39 is 29.8 Å². The van der Waals surface area contributed by atoms with E-state index in [-0.39, 0.29) is 56.0 Å². The van der Waals surface area contributed by atoms with Gasteiger partial charge in [-0.2, -0.15) is 0 Å². The van der Waals surface area contributed by atoms with Crippen molar-refractivity contribution in [3.05, 3.63) is 0 Å². The maximum atomic E-state index is 13.5. The van der Waals surface area contributed by atoms with Gasteiger partial charge < -0.3 is 30.9 Å². The lowest BCUT2D eigenvalue weighted by Gasteiger charge is -2.32. The van der Waals surface area contributed by atoms with Crippen LogP contribution >= 0.6 is 0 Å². The molecular weight excluding hydrogens is 478 g/mol. The minimum Gasteiger partial charge on any atom is -0.379 e. The van der Waals surface area contributed by atoms with Gasteiger partial charge in [0.1, 0.15) is 12.1 Å². The average molecular weight is 524 g/mol. The highest BCUT2D eigenvalue weighted by molar-refractivity contribution is 5.94. The van der Waals surface area contributed by atoms with Crippen LogP contribution in [-0.2, 0) is 28.7 Å². The molecule has 2 rings (SSSR count). The van der Waals surface area contributed by atoms with Crippen molar-refractivity contribution in [3.63, 3.8) is 0 Å². The molecule has 2 aliphatic rings. The second kappa shape index (κ2) is 15.5. The number of nitrogens with zero attached hydrogens (tertiary/aromatic N) is 1. The van der Waals surface area contributed by atoms with Crippen LogP contribution in [0.5, 0.6) is 0 Å². The Hall–Kier alpha value is -2.69. The van der Waals surface area contributed by atoms with Gasteiger partial charge >= 0.3 is 0 Å². The number of hydrogen-bond donors (Lipinski definition) is 4. The summed E-state index contributed by atoms with van der Waals surface area (Å²) in [7, 11) is 1.61. The van der Waals surface area contributed by atoms with Crippen molar-refractivity contribution in [3.8, 4) is 0 Å². The highest BCUT2D eigenvalue weighted by Gasteiger charge is 2.35. The zero-order valence-corrected chi connectivity index (χ0v) is 22.8. The van der Waals surface area contributed by atoms with Gasteiger partial charge in [0.25, 0.3) is 0 Å². The Morgan fingerprint density at radius 1 is 0.838 bits per heavy atom. The van der Waals surface area contributed by atoms with Gasteiger partial charge in [0.15, 0.2) is 0 Å². The van der Waals surface area contributed by atoms with Crippen LogP contribution in [0.4, 0.5) is 0 Å². The maximum Gasteiger partial charge on any atom is 0.243 e. The second-order valence-corrected chi connectivity index (χ2v) is 10.4. The summed E-state index contributed by atoms with van der Waals surface area (Å²) in [5.74, 6) is -2.48. The number of likely N-dealkylation sites (N-methyl/N-ethyl adjacent to an activating group) is 1. The van der Waals surface area contributed by atoms with E-state index in [1.165, 1.54) is 4.90 Å². The lowest BCUT2D eigenvalue weighted by molar-refractivity contribution is -0.144. The largest absolute Gasteiger partial charge is 0.379 e. The van der Waals surface area contributed by atoms with Crippen molar-refractivity contribution in [2.45, 2.75) is 90.3 Å². The number of nitrogens with one attached hydrogen (secondary N) is 4. The normalized spacial score (nSPS) is 29.1. The molecular formula is C26H45N5O6. The van der Waals surface area contributed by atoms with Crippen LogP contribution in [0.1, 0.15) is 72.1 Å². The summed E-state index contributed by atoms with van der Waals surface area (Å²) in [6, 6.07) is -1.87. The third kappa shape index (κ3) is 9.94. The quantitative estimate of drug-likeness (QED) is 0.396. The molecule has 5 amide bonds. The van der Waals surface area contributed by atoms with Gasteiger partial charge in [-0.05, 0) is 32.1 Å². The minimum atomic E-state index is -0.812. The third-order valence-electron chi connectivity index (χ3n) is 7.07. The number of rotatable bonds is 3. The lowest BCUT2D eigenvalue weighted by Crippen LogP contribution is -2.57. The Labute approximate surface area is 220 Å². The fourth-order valence-electron chi connectivity index (χ4n) is 4.95. The van der Waals surface area contributed by atoms with E-state index >= 15 is 0 Å². The molecule has 11 nitrogen and oxygen atoms in total. The highest BCUT2D eigenvalue weighted by Crippen LogP contribution is 2.26. The van der Waals surface area contributed by atoms with Crippen molar-refractivity contribution in [1.82, 2.24) is 26.2 Å². The Bertz CT molecular complexity index is 798. The average Bonchev–Trinajstić information content (AvgIpc) is 3.15. The number of carbonyl (C=O) groups is 5. The Kier molecular flexibility index (Phi) is 12.8. The molecule has 37 heavy (non-hydrogen) atoms. The molecule has 0 aromatic carbocycles. The van der Waals surface area contributed by atoms with E-state index in [4.69, 9.17) is 4.74 Å². The first kappa shape index (κ1) is 30.5. The van der Waals surface area contributed by atoms with E-state index in [0.717, 1.165) is 38.5 Å². The molecule has 0 spiro atoms. The van der Waals surface area contributed by atoms with E-state index in [0.29, 0.717) is 12.8 Å². The van der Waals surface area contributed by atoms with Crippen LogP contribution in [0.2, 0.25) is 0 Å². The zero-order chi connectivity index (χ0) is 27.4. The summed E-state index contributed by atoms with van der Waals surface area (Å²) in [6.07, 6.45) is 6.81. The smallest absolute Gasteiger partial charge is 0.243 e. The molecule has 4 N–H and O–H groups in total. The first-order chi connectivity index (χ1) is 17.6. The summed E-state index contributed by atoms with van der Waals surface area (Å²) in [6.45, 7) is 5.22. The van der Waals surface area contributed by atoms with E-state index in [9.17, 15) is 24.0 Å². The van der Waals surface area contributed by atoms with Crippen LogP contribution in [0.15, 0.2) is 0 Å². The summed E-state index contributed by atoms with van der Waals surface area (Å²) in [5.41, 5.74) is 0. The highest BCUT2D eigenvalue weighted by atomic mass is 16.5. The van der Waals surface area contributed by atoms with Gasteiger partial charge in [0.05, 0.1) is 32.2 Å². The van der Waals surface area contributed by atoms with Crippen LogP contribution in [0, 0.1) is 11.8 Å². The Balaban J connectivity index is 2.28. The molecule has 1 saturated carbocycles. The van der Waals surface area contributed by atoms with Gasteiger partial charge in [-0.15, -0.1) is 0 Å². The fraction of sp³-hybridized carbons (Fsp3) is 0.808. The third-order valence-corrected chi connectivity index (χ3v) is 7.07. The van der Waals surface area contributed by atoms with Crippen LogP contribution in [0.3, 0.4) is 0 Å². The van der Waals surface area contributed by atoms with Crippen LogP contribution < -0.4 is 21.3 Å². The molecule has 1 saturated heterocycles. The molecule has 0 bridgehead atoms. The van der Waals surface area contributed by atoms with Crippen molar-refractivity contribution in [2.75, 3.05) is 33.4 Å². The SMILES string of the molecule is CCCC1C(=O)NC(C2CCCCCC2)C(=O)NCC(=O)NCC(=O)NC(C)COCC(C)C(=O)N1C. The van der Waals surface area contributed by atoms with Gasteiger partial charge in [0.2, 0.25) is 29.5 Å². The zero-order valence-electron chi connectivity index (χ0n) is 22.8. The molecule has 0 aromatic rings. The molecule has 4 atom stereocenters. The molecule has 1 heterocycles. The number of carbonyl (C=O) groups excluding carboxylic acids is 5. The first-order valence-electron chi connectivity index (χ1n) is 13.6. The predicted molar refractivity (Wildman–Crippen MR) is 138 cm³/mol. The molecule has 2 fully saturated rings. The summed E-state index contributed by atoms with van der Waals surface area (Å²) in [4.78, 5) is 65.8. The topological polar surface area (TPSA) is 146 Å². The standard InChI is InChI=1S/C26H45N5O6/c1-5-10-20-24(34)30-23(19-11-8-6-7-9-12-19)25(35)28-13-21(32)27-14-22(33)29-18(3)16-37-15-17(2)26(36)31(20)4/h17-20,23H,5-16H2,1-4H3,(H,27,32)(H,28,35)(H,29,33)(H,30,34). The monoisotopic (exact) mass is 523 g/mol. The predicted octanol–water partition coefficient (Wildman–Crippen LogP) is 0.472. The van der Waals surface area contributed by atoms with E-state index in [1.807, 2.05) is 6.92 Å². The van der Waals surface area contributed by atoms with E-state index in [2.05, 4.69) is 21.3 Å². The molecule has 1 aliphatic carbocycles. The minimum absolute atomic E-state index is 0.0634. The molecule has 0 radical (unpaired) electrons. The van der Waals surface area contributed by atoms with Gasteiger partial charge in [-0.3, -0.25) is 24.0 Å². The summed E-state index contributed by atoms with van der Waals surface area (Å²) >= 11 is 0. The fourth-order valence-corrected chi connectivity index (χ4v) is 4.95. The van der Waals surface area contributed by atoms with Crippen LogP contribution in [0.25, 0.3) is 0 Å². The van der Waals surface area contributed by atoms with Gasteiger partial charge in [0, 0.05) is 13.1 Å². The van der Waals surface area contributed by atoms with E-state index in [1.54, 1.807) is 20.9 Å². The molecule has 0 aromatic heterocycles. The maximum absolute atomic E-state index is 13.5. The Morgan fingerprint density at radius 3 is 2.14 bits per heavy atom. The number of hydrogen-bond acceptors (Lipinski definition) is 6. The molecule has 11 heteroatoms. The van der Waals surface area contributed by atoms with Gasteiger partial charge in [-0.25, -0.2) is 0 Å². The molecule has 1 aliphatic heterocycles. The Morgan fingerprint density at radius 2 is 1.49 bits per heavy atom. The number of ether oxygens (including phenoxy) is 1. The second-order valence-electron chi connectivity index (χ2n) is 10.4. The summed E-state index contributed by atoms with van der Waals surface area (Å²) in [5, 5.41) is 10.8. The summed E-state index contributed by atoms with van der Waals surface area (Å²) < 4.78 is 5.65. The van der Waals surface area contributed by atoms with Crippen molar-refractivity contribution < 1.29 is 28.7 Å². The van der Waals surface area contributed by atoms with Crippen molar-refractivity contribution >= 4 is 29.5 Å². The molecule has 210 valence electrons.